The largest absolute Gasteiger partial charge is 0.330 e. The number of nitrogens with two attached hydrogens (primary N) is 1. The number of hydrogen-bond donors (Lipinski definition) is 1. The van der Waals surface area contributed by atoms with Crippen molar-refractivity contribution in [3.8, 4) is 0 Å². The van der Waals surface area contributed by atoms with Crippen LogP contribution >= 0.6 is 0 Å². The summed E-state index contributed by atoms with van der Waals surface area (Å²) in [7, 11) is 0. The van der Waals surface area contributed by atoms with E-state index in [-0.39, 0.29) is 0 Å². The van der Waals surface area contributed by atoms with Gasteiger partial charge in [0.1, 0.15) is 0 Å². The molecule has 1 nitrogen and oxygen atoms in total. The minimum absolute atomic E-state index is 0.327. The van der Waals surface area contributed by atoms with E-state index in [1.165, 1.54) is 6.92 Å². The minimum Gasteiger partial charge on any atom is -0.330 e. The summed E-state index contributed by atoms with van der Waals surface area (Å²) in [5, 5.41) is 0. The number of rotatable bonds is 2. The molecule has 0 amide bonds. The molecule has 3 heteroatoms. The monoisotopic (exact) mass is 171 g/mol. The fourth-order valence-corrected chi connectivity index (χ4v) is 1.03. The molecule has 0 aliphatic carbocycles. The normalized spacial score (nSPS) is 10.3. The molecule has 0 spiro atoms. The summed E-state index contributed by atoms with van der Waals surface area (Å²) in [6.45, 7) is 1.87. The quantitative estimate of drug-likeness (QED) is 0.721. The van der Waals surface area contributed by atoms with E-state index < -0.39 is 11.6 Å². The Labute approximate surface area is 70.2 Å². The standard InChI is InChI=1S/C9H11F2N/c1-6-2-3-7(4-5-12)9(11)8(6)10/h2-3H,4-5,12H2,1H3. The Bertz CT molecular complexity index is 284. The third-order valence-corrected chi connectivity index (χ3v) is 1.77. The van der Waals surface area contributed by atoms with Gasteiger partial charge in [-0.1, -0.05) is 12.1 Å². The summed E-state index contributed by atoms with van der Waals surface area (Å²) in [5.41, 5.74) is 5.90. The van der Waals surface area contributed by atoms with Gasteiger partial charge in [-0.05, 0) is 31.0 Å². The molecule has 0 atom stereocenters. The van der Waals surface area contributed by atoms with Crippen LogP contribution in [-0.2, 0) is 6.42 Å². The maximum atomic E-state index is 13.0. The molecule has 0 radical (unpaired) electrons. The molecule has 66 valence electrons. The maximum absolute atomic E-state index is 13.0. The smallest absolute Gasteiger partial charge is 0.162 e. The van der Waals surface area contributed by atoms with E-state index in [1.54, 1.807) is 12.1 Å². The first-order chi connectivity index (χ1) is 5.66. The van der Waals surface area contributed by atoms with Gasteiger partial charge in [0.2, 0.25) is 0 Å². The van der Waals surface area contributed by atoms with Crippen molar-refractivity contribution in [2.45, 2.75) is 13.3 Å². The first-order valence-electron chi connectivity index (χ1n) is 3.80. The second-order valence-electron chi connectivity index (χ2n) is 2.71. The van der Waals surface area contributed by atoms with E-state index in [0.29, 0.717) is 24.1 Å². The van der Waals surface area contributed by atoms with Gasteiger partial charge in [0.15, 0.2) is 11.6 Å². The van der Waals surface area contributed by atoms with E-state index in [9.17, 15) is 8.78 Å². The molecule has 0 bridgehead atoms. The van der Waals surface area contributed by atoms with E-state index >= 15 is 0 Å². The molecule has 0 fully saturated rings. The van der Waals surface area contributed by atoms with Crippen LogP contribution in [0, 0.1) is 18.6 Å². The predicted molar refractivity (Wildman–Crippen MR) is 43.9 cm³/mol. The molecule has 0 unspecified atom stereocenters. The summed E-state index contributed by atoms with van der Waals surface area (Å²) in [6, 6.07) is 3.13. The zero-order valence-corrected chi connectivity index (χ0v) is 6.90. The highest BCUT2D eigenvalue weighted by Gasteiger charge is 2.09. The van der Waals surface area contributed by atoms with Crippen molar-refractivity contribution in [3.63, 3.8) is 0 Å². The SMILES string of the molecule is Cc1ccc(CCN)c(F)c1F. The van der Waals surface area contributed by atoms with Crippen LogP contribution in [0.15, 0.2) is 12.1 Å². The minimum atomic E-state index is -0.763. The maximum Gasteiger partial charge on any atom is 0.162 e. The summed E-state index contributed by atoms with van der Waals surface area (Å²) < 4.78 is 25.9. The summed E-state index contributed by atoms with van der Waals surface area (Å²) >= 11 is 0. The van der Waals surface area contributed by atoms with Crippen molar-refractivity contribution in [1.29, 1.82) is 0 Å². The van der Waals surface area contributed by atoms with Gasteiger partial charge in [-0.3, -0.25) is 0 Å². The third kappa shape index (κ3) is 1.61. The van der Waals surface area contributed by atoms with Crippen LogP contribution in [0.2, 0.25) is 0 Å². The predicted octanol–water partition coefficient (Wildman–Crippen LogP) is 1.77. The molecule has 1 aromatic carbocycles. The summed E-state index contributed by atoms with van der Waals surface area (Å²) in [6.07, 6.45) is 0.378. The molecule has 1 aromatic rings. The number of halogens is 2. The van der Waals surface area contributed by atoms with E-state index in [2.05, 4.69) is 0 Å². The Hall–Kier alpha value is -0.960. The van der Waals surface area contributed by atoms with Gasteiger partial charge in [-0.2, -0.15) is 0 Å². The Morgan fingerprint density at radius 2 is 1.92 bits per heavy atom. The molecular formula is C9H11F2N. The van der Waals surface area contributed by atoms with Crippen LogP contribution < -0.4 is 5.73 Å². The average molecular weight is 171 g/mol. The van der Waals surface area contributed by atoms with E-state index in [1.807, 2.05) is 0 Å². The van der Waals surface area contributed by atoms with Gasteiger partial charge in [-0.15, -0.1) is 0 Å². The fraction of sp³-hybridized carbons (Fsp3) is 0.333. The van der Waals surface area contributed by atoms with Crippen LogP contribution in [0.25, 0.3) is 0 Å². The van der Waals surface area contributed by atoms with Crippen molar-refractivity contribution < 1.29 is 8.78 Å². The van der Waals surface area contributed by atoms with Gasteiger partial charge in [-0.25, -0.2) is 8.78 Å². The fourth-order valence-electron chi connectivity index (χ4n) is 1.03. The highest BCUT2D eigenvalue weighted by molar-refractivity contribution is 5.25. The zero-order chi connectivity index (χ0) is 9.14. The van der Waals surface area contributed by atoms with Crippen LogP contribution in [0.5, 0.6) is 0 Å². The Balaban J connectivity index is 3.08. The van der Waals surface area contributed by atoms with Crippen LogP contribution in [0.1, 0.15) is 11.1 Å². The van der Waals surface area contributed by atoms with Crippen molar-refractivity contribution in [1.82, 2.24) is 0 Å². The molecule has 0 saturated heterocycles. The Kier molecular flexibility index (Phi) is 2.76. The van der Waals surface area contributed by atoms with Crippen molar-refractivity contribution in [2.75, 3.05) is 6.54 Å². The van der Waals surface area contributed by atoms with E-state index in [4.69, 9.17) is 5.73 Å². The average Bonchev–Trinajstić information content (AvgIpc) is 2.07. The zero-order valence-electron chi connectivity index (χ0n) is 6.90. The topological polar surface area (TPSA) is 26.0 Å². The molecule has 0 aliphatic heterocycles. The van der Waals surface area contributed by atoms with Crippen molar-refractivity contribution >= 4 is 0 Å². The van der Waals surface area contributed by atoms with Crippen LogP contribution in [0.4, 0.5) is 8.78 Å². The van der Waals surface area contributed by atoms with Crippen molar-refractivity contribution in [2.24, 2.45) is 5.73 Å². The molecule has 2 N–H and O–H groups in total. The molecule has 0 heterocycles. The molecule has 0 aromatic heterocycles. The number of benzene rings is 1. The first kappa shape index (κ1) is 9.13. The van der Waals surface area contributed by atoms with E-state index in [0.717, 1.165) is 0 Å². The van der Waals surface area contributed by atoms with Crippen LogP contribution in [0.3, 0.4) is 0 Å². The first-order valence-corrected chi connectivity index (χ1v) is 3.80. The summed E-state index contributed by atoms with van der Waals surface area (Å²) in [5.74, 6) is -1.53. The van der Waals surface area contributed by atoms with Gasteiger partial charge < -0.3 is 5.73 Å². The third-order valence-electron chi connectivity index (χ3n) is 1.77. The number of aryl methyl sites for hydroxylation is 1. The van der Waals surface area contributed by atoms with Crippen LogP contribution in [-0.4, -0.2) is 6.54 Å². The molecule has 0 saturated carbocycles. The Morgan fingerprint density at radius 3 is 2.50 bits per heavy atom. The lowest BCUT2D eigenvalue weighted by molar-refractivity contribution is 0.493. The highest BCUT2D eigenvalue weighted by Crippen LogP contribution is 2.15. The second kappa shape index (κ2) is 3.63. The highest BCUT2D eigenvalue weighted by atomic mass is 19.2. The molecule has 1 rings (SSSR count). The lowest BCUT2D eigenvalue weighted by Gasteiger charge is -2.03. The molecular weight excluding hydrogens is 160 g/mol. The molecule has 0 aliphatic rings. The summed E-state index contributed by atoms with van der Waals surface area (Å²) in [4.78, 5) is 0. The lowest BCUT2D eigenvalue weighted by atomic mass is 10.1. The molecule has 12 heavy (non-hydrogen) atoms. The Morgan fingerprint density at radius 1 is 1.25 bits per heavy atom. The second-order valence-corrected chi connectivity index (χ2v) is 2.71. The lowest BCUT2D eigenvalue weighted by Crippen LogP contribution is -2.06. The van der Waals surface area contributed by atoms with Crippen molar-refractivity contribution in [3.05, 3.63) is 34.9 Å². The number of hydrogen-bond acceptors (Lipinski definition) is 1. The van der Waals surface area contributed by atoms with Gasteiger partial charge in [0.25, 0.3) is 0 Å². The van der Waals surface area contributed by atoms with Gasteiger partial charge in [0.05, 0.1) is 0 Å². The van der Waals surface area contributed by atoms with Gasteiger partial charge >= 0.3 is 0 Å². The van der Waals surface area contributed by atoms with Gasteiger partial charge in [0, 0.05) is 0 Å².